The molecule has 26 heavy (non-hydrogen) atoms. The lowest BCUT2D eigenvalue weighted by molar-refractivity contribution is -0.138. The van der Waals surface area contributed by atoms with E-state index >= 15 is 0 Å². The lowest BCUT2D eigenvalue weighted by Crippen LogP contribution is -2.51. The second-order valence-electron chi connectivity index (χ2n) is 7.62. The van der Waals surface area contributed by atoms with Gasteiger partial charge in [0.25, 0.3) is 10.0 Å². The highest BCUT2D eigenvalue weighted by Crippen LogP contribution is 2.36. The average Bonchev–Trinajstić information content (AvgIpc) is 2.64. The molecule has 1 saturated carbocycles. The van der Waals surface area contributed by atoms with E-state index in [4.69, 9.17) is 0 Å². The van der Waals surface area contributed by atoms with Crippen LogP contribution >= 0.6 is 0 Å². The van der Waals surface area contributed by atoms with Crippen molar-refractivity contribution in [2.24, 2.45) is 11.8 Å². The lowest BCUT2D eigenvalue weighted by Gasteiger charge is -2.41. The molecule has 0 spiro atoms. The van der Waals surface area contributed by atoms with Gasteiger partial charge in [-0.25, -0.2) is 12.7 Å². The van der Waals surface area contributed by atoms with Crippen molar-refractivity contribution < 1.29 is 18.0 Å². The highest BCUT2D eigenvalue weighted by atomic mass is 32.2. The van der Waals surface area contributed by atoms with Gasteiger partial charge in [0.15, 0.2) is 0 Å². The van der Waals surface area contributed by atoms with Crippen LogP contribution in [0.2, 0.25) is 0 Å². The molecule has 7 heteroatoms. The maximum absolute atomic E-state index is 12.8. The van der Waals surface area contributed by atoms with E-state index in [2.05, 4.69) is 0 Å². The Hall–Kier alpha value is -1.89. The Morgan fingerprint density at radius 2 is 1.81 bits per heavy atom. The molecule has 0 bridgehead atoms. The Morgan fingerprint density at radius 3 is 2.62 bits per heavy atom. The molecule has 4 rings (SSSR count). The maximum atomic E-state index is 12.8. The molecule has 6 nitrogen and oxygen atoms in total. The summed E-state index contributed by atoms with van der Waals surface area (Å²) in [6, 6.07) is 6.51. The third kappa shape index (κ3) is 3.02. The van der Waals surface area contributed by atoms with Crippen LogP contribution in [0.25, 0.3) is 0 Å². The largest absolute Gasteiger partial charge is 0.341 e. The first-order valence-corrected chi connectivity index (χ1v) is 10.8. The van der Waals surface area contributed by atoms with Crippen molar-refractivity contribution in [3.05, 3.63) is 29.8 Å². The second kappa shape index (κ2) is 6.68. The van der Waals surface area contributed by atoms with Crippen LogP contribution in [0.4, 0.5) is 0 Å². The fourth-order valence-electron chi connectivity index (χ4n) is 4.63. The highest BCUT2D eigenvalue weighted by Gasteiger charge is 2.39. The quantitative estimate of drug-likeness (QED) is 0.789. The van der Waals surface area contributed by atoms with Gasteiger partial charge < -0.3 is 4.90 Å². The Morgan fingerprint density at radius 1 is 1.08 bits per heavy atom. The van der Waals surface area contributed by atoms with Crippen molar-refractivity contribution >= 4 is 21.8 Å². The molecule has 140 valence electrons. The van der Waals surface area contributed by atoms with Crippen molar-refractivity contribution in [3.8, 4) is 0 Å². The summed E-state index contributed by atoms with van der Waals surface area (Å²) in [6.07, 6.45) is 5.87. The minimum absolute atomic E-state index is 0.0212. The van der Waals surface area contributed by atoms with Crippen LogP contribution in [-0.2, 0) is 26.0 Å². The summed E-state index contributed by atoms with van der Waals surface area (Å²) in [5.74, 6) is 0.436. The van der Waals surface area contributed by atoms with Gasteiger partial charge in [0, 0.05) is 13.1 Å². The topological polar surface area (TPSA) is 74.8 Å². The van der Waals surface area contributed by atoms with Crippen LogP contribution in [0.15, 0.2) is 29.2 Å². The fraction of sp³-hybridized carbons (Fsp3) is 0.579. The Balaban J connectivity index is 1.50. The minimum atomic E-state index is -3.95. The van der Waals surface area contributed by atoms with Crippen LogP contribution < -0.4 is 0 Å². The van der Waals surface area contributed by atoms with Crippen LogP contribution in [-0.4, -0.2) is 49.1 Å². The molecule has 2 amide bonds. The fourth-order valence-corrected chi connectivity index (χ4v) is 6.20. The number of fused-ring (bicyclic) bond motifs is 2. The van der Waals surface area contributed by atoms with Gasteiger partial charge in [-0.05, 0) is 36.3 Å². The molecule has 1 aliphatic carbocycles. The average molecular weight is 376 g/mol. The molecule has 1 aromatic carbocycles. The van der Waals surface area contributed by atoms with Crippen LogP contribution in [0, 0.1) is 11.8 Å². The SMILES string of the molecule is O=C(CN1C(=O)Cc2ccccc2S1(=O)=O)N1CCC2CCCCC2C1. The number of rotatable bonds is 2. The van der Waals surface area contributed by atoms with Crippen molar-refractivity contribution in [3.63, 3.8) is 0 Å². The molecule has 0 N–H and O–H groups in total. The van der Waals surface area contributed by atoms with E-state index in [0.29, 0.717) is 30.5 Å². The molecule has 2 unspecified atom stereocenters. The van der Waals surface area contributed by atoms with Gasteiger partial charge >= 0.3 is 0 Å². The highest BCUT2D eigenvalue weighted by molar-refractivity contribution is 7.89. The van der Waals surface area contributed by atoms with Gasteiger partial charge in [-0.3, -0.25) is 9.59 Å². The maximum Gasteiger partial charge on any atom is 0.267 e. The predicted octanol–water partition coefficient (Wildman–Crippen LogP) is 1.80. The first kappa shape index (κ1) is 17.5. The smallest absolute Gasteiger partial charge is 0.267 e. The zero-order valence-electron chi connectivity index (χ0n) is 14.8. The number of benzene rings is 1. The number of piperidine rings is 1. The van der Waals surface area contributed by atoms with Crippen LogP contribution in [0.3, 0.4) is 0 Å². The molecule has 2 fully saturated rings. The summed E-state index contributed by atoms with van der Waals surface area (Å²) in [7, 11) is -3.95. The van der Waals surface area contributed by atoms with E-state index in [1.807, 2.05) is 0 Å². The first-order valence-electron chi connectivity index (χ1n) is 9.38. The van der Waals surface area contributed by atoms with Crippen molar-refractivity contribution in [1.82, 2.24) is 9.21 Å². The summed E-state index contributed by atoms with van der Waals surface area (Å²) in [5, 5.41) is 0. The number of amides is 2. The van der Waals surface area contributed by atoms with Crippen molar-refractivity contribution in [2.75, 3.05) is 19.6 Å². The van der Waals surface area contributed by atoms with Gasteiger partial charge in [0.05, 0.1) is 11.3 Å². The zero-order chi connectivity index (χ0) is 18.3. The number of carbonyl (C=O) groups is 2. The molecule has 1 aromatic rings. The molecular weight excluding hydrogens is 352 g/mol. The van der Waals surface area contributed by atoms with Crippen molar-refractivity contribution in [2.45, 2.75) is 43.4 Å². The molecule has 0 aromatic heterocycles. The molecule has 2 heterocycles. The molecule has 1 saturated heterocycles. The van der Waals surface area contributed by atoms with Gasteiger partial charge in [0.2, 0.25) is 11.8 Å². The summed E-state index contributed by atoms with van der Waals surface area (Å²) in [6.45, 7) is 0.980. The van der Waals surface area contributed by atoms with Gasteiger partial charge in [-0.2, -0.15) is 0 Å². The second-order valence-corrected chi connectivity index (χ2v) is 9.45. The Kier molecular flexibility index (Phi) is 4.50. The molecule has 2 aliphatic heterocycles. The van der Waals surface area contributed by atoms with Gasteiger partial charge in [0.1, 0.15) is 6.54 Å². The molecular formula is C19H24N2O4S. The summed E-state index contributed by atoms with van der Waals surface area (Å²) < 4.78 is 26.4. The summed E-state index contributed by atoms with van der Waals surface area (Å²) in [5.41, 5.74) is 0.504. The number of hydrogen-bond donors (Lipinski definition) is 0. The third-order valence-corrected chi connectivity index (χ3v) is 7.95. The van der Waals surface area contributed by atoms with E-state index in [0.717, 1.165) is 17.1 Å². The molecule has 3 aliphatic rings. The van der Waals surface area contributed by atoms with Crippen LogP contribution in [0.5, 0.6) is 0 Å². The number of sulfonamides is 1. The third-order valence-electron chi connectivity index (χ3n) is 6.08. The molecule has 2 atom stereocenters. The number of nitrogens with zero attached hydrogens (tertiary/aromatic N) is 2. The van der Waals surface area contributed by atoms with E-state index in [-0.39, 0.29) is 23.8 Å². The Bertz CT molecular complexity index is 836. The monoisotopic (exact) mass is 376 g/mol. The summed E-state index contributed by atoms with van der Waals surface area (Å²) in [4.78, 5) is 27.0. The standard InChI is InChI=1S/C19H24N2O4S/c22-18-11-15-6-3-4-8-17(15)26(24,25)21(18)13-19(23)20-10-9-14-5-1-2-7-16(14)12-20/h3-4,6,8,14,16H,1-2,5,7,9-13H2. The lowest BCUT2D eigenvalue weighted by atomic mass is 9.75. The van der Waals surface area contributed by atoms with Gasteiger partial charge in [-0.15, -0.1) is 0 Å². The minimum Gasteiger partial charge on any atom is -0.341 e. The predicted molar refractivity (Wildman–Crippen MR) is 95.7 cm³/mol. The zero-order valence-corrected chi connectivity index (χ0v) is 15.6. The number of hydrogen-bond acceptors (Lipinski definition) is 4. The van der Waals surface area contributed by atoms with E-state index < -0.39 is 15.9 Å². The van der Waals surface area contributed by atoms with E-state index in [1.54, 1.807) is 23.1 Å². The van der Waals surface area contributed by atoms with E-state index in [1.165, 1.54) is 25.3 Å². The van der Waals surface area contributed by atoms with Crippen molar-refractivity contribution in [1.29, 1.82) is 0 Å². The normalized spacial score (nSPS) is 27.6. The number of likely N-dealkylation sites (tertiary alicyclic amines) is 1. The number of carbonyl (C=O) groups excluding carboxylic acids is 2. The van der Waals surface area contributed by atoms with Crippen LogP contribution in [0.1, 0.15) is 37.7 Å². The van der Waals surface area contributed by atoms with Gasteiger partial charge in [-0.1, -0.05) is 37.5 Å². The van der Waals surface area contributed by atoms with E-state index in [9.17, 15) is 18.0 Å². The Labute approximate surface area is 154 Å². The first-order chi connectivity index (χ1) is 12.5. The summed E-state index contributed by atoms with van der Waals surface area (Å²) >= 11 is 0. The molecule has 0 radical (unpaired) electrons.